The highest BCUT2D eigenvalue weighted by Gasteiger charge is 2.07. The predicted octanol–water partition coefficient (Wildman–Crippen LogP) is 2.22. The molecule has 0 saturated heterocycles. The smallest absolute Gasteiger partial charge is 0.269 e. The second-order valence-electron chi connectivity index (χ2n) is 4.13. The molecule has 0 fully saturated rings. The molecule has 2 rings (SSSR count). The van der Waals surface area contributed by atoms with Gasteiger partial charge in [-0.15, -0.1) is 0 Å². The number of nitrogens with one attached hydrogen (secondary N) is 1. The van der Waals surface area contributed by atoms with Crippen molar-refractivity contribution >= 4 is 17.8 Å². The van der Waals surface area contributed by atoms with Gasteiger partial charge in [-0.3, -0.25) is 14.9 Å². The van der Waals surface area contributed by atoms with Crippen molar-refractivity contribution in [3.05, 3.63) is 52.3 Å². The fourth-order valence-electron chi connectivity index (χ4n) is 1.60. The molecule has 0 saturated carbocycles. The first kappa shape index (κ1) is 14.9. The van der Waals surface area contributed by atoms with Gasteiger partial charge in [0.25, 0.3) is 11.6 Å². The van der Waals surface area contributed by atoms with Crippen molar-refractivity contribution in [2.45, 2.75) is 6.42 Å². The summed E-state index contributed by atoms with van der Waals surface area (Å²) >= 11 is 0. The van der Waals surface area contributed by atoms with E-state index >= 15 is 0 Å². The van der Waals surface area contributed by atoms with Crippen molar-refractivity contribution < 1.29 is 14.1 Å². The molecule has 0 aliphatic heterocycles. The van der Waals surface area contributed by atoms with Crippen molar-refractivity contribution in [3.63, 3.8) is 0 Å². The monoisotopic (exact) mass is 298 g/mol. The van der Waals surface area contributed by atoms with E-state index in [9.17, 15) is 14.9 Å². The molecule has 0 unspecified atom stereocenters. The predicted molar refractivity (Wildman–Crippen MR) is 76.8 cm³/mol. The Labute approximate surface area is 124 Å². The zero-order valence-electron chi connectivity index (χ0n) is 11.2. The average molecular weight is 298 g/mol. The maximum Gasteiger partial charge on any atom is 0.269 e. The minimum Gasteiger partial charge on any atom is -0.455 e. The minimum absolute atomic E-state index is 0.00250. The molecule has 1 amide bonds. The fraction of sp³-hybridized carbons (Fsp3) is 0.0714. The van der Waals surface area contributed by atoms with Gasteiger partial charge in [0.05, 0.1) is 17.2 Å². The van der Waals surface area contributed by atoms with Crippen LogP contribution < -0.4 is 5.43 Å². The van der Waals surface area contributed by atoms with Crippen molar-refractivity contribution in [1.29, 1.82) is 5.26 Å². The van der Waals surface area contributed by atoms with Crippen LogP contribution in [0.5, 0.6) is 0 Å². The van der Waals surface area contributed by atoms with Gasteiger partial charge >= 0.3 is 0 Å². The lowest BCUT2D eigenvalue weighted by molar-refractivity contribution is -0.384. The zero-order chi connectivity index (χ0) is 15.9. The van der Waals surface area contributed by atoms with Crippen LogP contribution in [0.2, 0.25) is 0 Å². The van der Waals surface area contributed by atoms with Gasteiger partial charge in [0.1, 0.15) is 17.9 Å². The number of rotatable bonds is 5. The lowest BCUT2D eigenvalue weighted by atomic mass is 10.1. The Hall–Kier alpha value is -3.47. The van der Waals surface area contributed by atoms with E-state index in [1.54, 1.807) is 30.3 Å². The van der Waals surface area contributed by atoms with Gasteiger partial charge in [0.15, 0.2) is 0 Å². The lowest BCUT2D eigenvalue weighted by Gasteiger charge is -1.96. The number of non-ortho nitro benzene ring substituents is 1. The maximum atomic E-state index is 11.0. The van der Waals surface area contributed by atoms with Crippen LogP contribution in [0.3, 0.4) is 0 Å². The number of nitrogens with zero attached hydrogens (tertiary/aromatic N) is 3. The van der Waals surface area contributed by atoms with Gasteiger partial charge in [-0.25, -0.2) is 5.43 Å². The van der Waals surface area contributed by atoms with E-state index in [0.29, 0.717) is 17.1 Å². The van der Waals surface area contributed by atoms with Gasteiger partial charge < -0.3 is 4.42 Å². The average Bonchev–Trinajstić information content (AvgIpc) is 2.96. The molecule has 0 aliphatic rings. The summed E-state index contributed by atoms with van der Waals surface area (Å²) in [5, 5.41) is 22.5. The molecule has 110 valence electrons. The van der Waals surface area contributed by atoms with E-state index in [2.05, 4.69) is 10.5 Å². The molecule has 2 aromatic rings. The Morgan fingerprint density at radius 2 is 2.09 bits per heavy atom. The van der Waals surface area contributed by atoms with Crippen LogP contribution >= 0.6 is 0 Å². The summed E-state index contributed by atoms with van der Waals surface area (Å²) in [5.41, 5.74) is 2.85. The molecular formula is C14H10N4O4. The summed E-state index contributed by atoms with van der Waals surface area (Å²) in [5.74, 6) is 0.395. The van der Waals surface area contributed by atoms with E-state index in [4.69, 9.17) is 9.68 Å². The summed E-state index contributed by atoms with van der Waals surface area (Å²) < 4.78 is 5.48. The van der Waals surface area contributed by atoms with Crippen molar-refractivity contribution in [1.82, 2.24) is 5.43 Å². The highest BCUT2D eigenvalue weighted by Crippen LogP contribution is 2.23. The zero-order valence-corrected chi connectivity index (χ0v) is 11.2. The van der Waals surface area contributed by atoms with Crippen LogP contribution in [0.15, 0.2) is 45.9 Å². The molecule has 1 aromatic carbocycles. The Bertz CT molecular complexity index is 756. The third-order valence-corrected chi connectivity index (χ3v) is 2.61. The first-order chi connectivity index (χ1) is 10.6. The minimum atomic E-state index is -0.513. The van der Waals surface area contributed by atoms with Crippen molar-refractivity contribution in [3.8, 4) is 17.4 Å². The molecule has 0 bridgehead atoms. The Balaban J connectivity index is 2.05. The van der Waals surface area contributed by atoms with Gasteiger partial charge in [-0.05, 0) is 24.3 Å². The highest BCUT2D eigenvalue weighted by atomic mass is 16.6. The summed E-state index contributed by atoms with van der Waals surface area (Å²) in [7, 11) is 0. The van der Waals surface area contributed by atoms with Crippen molar-refractivity contribution in [2.75, 3.05) is 0 Å². The van der Waals surface area contributed by atoms with E-state index < -0.39 is 10.8 Å². The normalized spacial score (nSPS) is 10.3. The van der Waals surface area contributed by atoms with Gasteiger partial charge in [-0.1, -0.05) is 0 Å². The number of hydrogen-bond donors (Lipinski definition) is 1. The molecule has 1 N–H and O–H groups in total. The molecule has 1 heterocycles. The molecule has 0 atom stereocenters. The number of carbonyl (C=O) groups is 1. The topological polar surface area (TPSA) is 122 Å². The van der Waals surface area contributed by atoms with Crippen LogP contribution in [0.1, 0.15) is 12.2 Å². The van der Waals surface area contributed by atoms with Crippen LogP contribution in [0.4, 0.5) is 5.69 Å². The number of nitriles is 1. The number of amides is 1. The van der Waals surface area contributed by atoms with E-state index in [0.717, 1.165) is 0 Å². The van der Waals surface area contributed by atoms with Crippen LogP contribution in [-0.2, 0) is 4.79 Å². The Morgan fingerprint density at radius 1 is 1.36 bits per heavy atom. The largest absolute Gasteiger partial charge is 0.455 e. The van der Waals surface area contributed by atoms with Crippen LogP contribution in [0.25, 0.3) is 11.3 Å². The summed E-state index contributed by atoms with van der Waals surface area (Å²) in [6.07, 6.45) is 1.02. The van der Waals surface area contributed by atoms with Crippen LogP contribution in [0, 0.1) is 21.4 Å². The molecule has 22 heavy (non-hydrogen) atoms. The van der Waals surface area contributed by atoms with Gasteiger partial charge in [0.2, 0.25) is 0 Å². The summed E-state index contributed by atoms with van der Waals surface area (Å²) in [6, 6.07) is 10.9. The van der Waals surface area contributed by atoms with Gasteiger partial charge in [0, 0.05) is 17.7 Å². The second-order valence-corrected chi connectivity index (χ2v) is 4.13. The highest BCUT2D eigenvalue weighted by molar-refractivity contribution is 5.81. The SMILES string of the molecule is N#CCC(=O)N/N=C/c1ccc(-c2ccc([N+](=O)[O-])cc2)o1. The number of nitro groups is 1. The van der Waals surface area contributed by atoms with Gasteiger partial charge in [-0.2, -0.15) is 10.4 Å². The fourth-order valence-corrected chi connectivity index (χ4v) is 1.60. The second kappa shape index (κ2) is 6.81. The Morgan fingerprint density at radius 3 is 2.73 bits per heavy atom. The number of nitro benzene ring substituents is 1. The maximum absolute atomic E-state index is 11.0. The number of benzene rings is 1. The number of hydrogen-bond acceptors (Lipinski definition) is 6. The van der Waals surface area contributed by atoms with Crippen LogP contribution in [-0.4, -0.2) is 17.0 Å². The quantitative estimate of drug-likeness (QED) is 0.515. The third kappa shape index (κ3) is 3.77. The number of carbonyl (C=O) groups excluding carboxylic acids is 1. The summed E-state index contributed by atoms with van der Waals surface area (Å²) in [6.45, 7) is 0. The molecule has 8 nitrogen and oxygen atoms in total. The molecule has 0 aliphatic carbocycles. The summed E-state index contributed by atoms with van der Waals surface area (Å²) in [4.78, 5) is 21.1. The lowest BCUT2D eigenvalue weighted by Crippen LogP contribution is -2.15. The van der Waals surface area contributed by atoms with Crippen molar-refractivity contribution in [2.24, 2.45) is 5.10 Å². The number of furan rings is 1. The molecule has 0 spiro atoms. The first-order valence-electron chi connectivity index (χ1n) is 6.13. The van der Waals surface area contributed by atoms with E-state index in [1.807, 2.05) is 0 Å². The Kier molecular flexibility index (Phi) is 4.62. The van der Waals surface area contributed by atoms with E-state index in [-0.39, 0.29) is 12.1 Å². The molecule has 1 aromatic heterocycles. The van der Waals surface area contributed by atoms with E-state index in [1.165, 1.54) is 18.3 Å². The standard InChI is InChI=1S/C14H10N4O4/c15-8-7-14(19)17-16-9-12-5-6-13(22-12)10-1-3-11(4-2-10)18(20)21/h1-6,9H,7H2,(H,17,19)/b16-9+. The number of hydrazone groups is 1. The third-order valence-electron chi connectivity index (χ3n) is 2.61. The molecular weight excluding hydrogens is 288 g/mol. The molecule has 8 heteroatoms. The first-order valence-corrected chi connectivity index (χ1v) is 6.13. The molecule has 0 radical (unpaired) electrons.